The monoisotopic (exact) mass is 1620 g/mol. The van der Waals surface area contributed by atoms with Gasteiger partial charge in [-0.15, -0.1) is 0 Å². The van der Waals surface area contributed by atoms with E-state index in [0.717, 1.165) is 44.9 Å². The van der Waals surface area contributed by atoms with Crippen molar-refractivity contribution < 1.29 is 114 Å². The molecule has 3 aliphatic rings. The molecule has 3 heterocycles. The standard InChI is InChI=1S/C87H151N3O24/c1-61-64(4)77(55-109-70(10)91)112-84(67(61)7)106-49-31-28-39-73(94)35-22-20-24-37-75(96)44-52-103-58-87(90-82(100)42-26-18-16-14-15-17-19-27-43-83(101)102-13,59-104-53-45-76(97)38-25-21-23-36-74(95)40-29-32-50-107-85-68(8)62(2)65(5)78(113-85)56-110-71(11)92)60-105-54-46-81(99)89-48-34-47-88-80(98)41-30-33-51-108-86-69(9)63(3)66(6)79(114-86)57-111-72(12)93/h61-69,77-79,84-86H,14-60H2,1-13H3,(H,88,98)(H,89,99)(H,90,100). The van der Waals surface area contributed by atoms with Crippen LogP contribution in [0.25, 0.3) is 0 Å². The summed E-state index contributed by atoms with van der Waals surface area (Å²) < 4.78 is 76.0. The van der Waals surface area contributed by atoms with Crippen LogP contribution in [0.1, 0.15) is 295 Å². The molecule has 27 heteroatoms. The molecule has 3 amide bonds. The maximum absolute atomic E-state index is 14.0. The fraction of sp³-hybridized carbons (Fsp3) is 0.874. The Morgan fingerprint density at radius 2 is 0.579 bits per heavy atom. The highest BCUT2D eigenvalue weighted by Crippen LogP contribution is 2.39. The molecule has 658 valence electrons. The average molecular weight is 1620 g/mol. The van der Waals surface area contributed by atoms with Crippen LogP contribution < -0.4 is 16.0 Å². The molecule has 15 atom stereocenters. The van der Waals surface area contributed by atoms with Crippen LogP contribution in [0.4, 0.5) is 0 Å². The number of esters is 4. The Morgan fingerprint density at radius 3 is 0.930 bits per heavy atom. The van der Waals surface area contributed by atoms with E-state index >= 15 is 0 Å². The summed E-state index contributed by atoms with van der Waals surface area (Å²) in [5.74, 6) is 0.391. The second kappa shape index (κ2) is 61.0. The minimum atomic E-state index is -1.28. The lowest BCUT2D eigenvalue weighted by Crippen LogP contribution is -2.58. The molecule has 3 aliphatic heterocycles. The highest BCUT2D eigenvalue weighted by atomic mass is 16.7. The lowest BCUT2D eigenvalue weighted by molar-refractivity contribution is -0.255. The predicted octanol–water partition coefficient (Wildman–Crippen LogP) is 13.1. The number of unbranched alkanes of at least 4 members (excludes halogenated alkanes) is 14. The van der Waals surface area contributed by atoms with Crippen LogP contribution >= 0.6 is 0 Å². The quantitative estimate of drug-likeness (QED) is 0.0289. The molecule has 3 rings (SSSR count). The number of nitrogens with one attached hydrogen (secondary N) is 3. The highest BCUT2D eigenvalue weighted by molar-refractivity contribution is 5.80. The van der Waals surface area contributed by atoms with Crippen LogP contribution in [0.5, 0.6) is 0 Å². The summed E-state index contributed by atoms with van der Waals surface area (Å²) in [5, 5.41) is 8.96. The molecule has 114 heavy (non-hydrogen) atoms. The molecule has 0 bridgehead atoms. The van der Waals surface area contributed by atoms with E-state index in [9.17, 15) is 52.7 Å². The van der Waals surface area contributed by atoms with Gasteiger partial charge in [-0.3, -0.25) is 52.7 Å². The van der Waals surface area contributed by atoms with E-state index in [2.05, 4.69) is 78.3 Å². The first kappa shape index (κ1) is 103. The van der Waals surface area contributed by atoms with E-state index in [1.807, 2.05) is 0 Å². The number of rotatable bonds is 67. The third-order valence-electron chi connectivity index (χ3n) is 23.3. The van der Waals surface area contributed by atoms with E-state index < -0.39 is 24.4 Å². The topological polar surface area (TPSA) is 344 Å². The van der Waals surface area contributed by atoms with Gasteiger partial charge in [-0.2, -0.15) is 0 Å². The molecule has 3 saturated heterocycles. The number of hydrogen-bond donors (Lipinski definition) is 3. The van der Waals surface area contributed by atoms with Crippen molar-refractivity contribution in [3.8, 4) is 0 Å². The van der Waals surface area contributed by atoms with Gasteiger partial charge in [-0.25, -0.2) is 0 Å². The zero-order valence-corrected chi connectivity index (χ0v) is 72.2. The van der Waals surface area contributed by atoms with Crippen LogP contribution in [-0.4, -0.2) is 207 Å². The number of hydrogen-bond acceptors (Lipinski definition) is 24. The first-order valence-corrected chi connectivity index (χ1v) is 43.5. The van der Waals surface area contributed by atoms with Gasteiger partial charge in [0.25, 0.3) is 0 Å². The van der Waals surface area contributed by atoms with E-state index in [0.29, 0.717) is 192 Å². The molecule has 0 aromatic carbocycles. The third kappa shape index (κ3) is 45.5. The minimum absolute atomic E-state index is 0.00493. The number of ether oxygens (including phenoxy) is 13. The van der Waals surface area contributed by atoms with Crippen LogP contribution in [-0.2, 0) is 114 Å². The van der Waals surface area contributed by atoms with E-state index in [1.165, 1.54) is 27.9 Å². The van der Waals surface area contributed by atoms with Crippen molar-refractivity contribution in [2.24, 2.45) is 53.3 Å². The molecule has 3 fully saturated rings. The number of carbonyl (C=O) groups is 11. The van der Waals surface area contributed by atoms with Gasteiger partial charge in [0.1, 0.15) is 48.5 Å². The van der Waals surface area contributed by atoms with Gasteiger partial charge in [0.05, 0.1) is 65.1 Å². The molecule has 0 aromatic heterocycles. The smallest absolute Gasteiger partial charge is 0.305 e. The summed E-state index contributed by atoms with van der Waals surface area (Å²) in [7, 11) is 1.39. The second-order valence-electron chi connectivity index (χ2n) is 32.7. The zero-order chi connectivity index (χ0) is 84.1. The van der Waals surface area contributed by atoms with Crippen molar-refractivity contribution in [1.29, 1.82) is 0 Å². The summed E-state index contributed by atoms with van der Waals surface area (Å²) >= 11 is 0. The molecule has 0 spiro atoms. The molecule has 27 nitrogen and oxygen atoms in total. The lowest BCUT2D eigenvalue weighted by atomic mass is 9.79. The van der Waals surface area contributed by atoms with Crippen molar-refractivity contribution in [2.45, 2.75) is 338 Å². The summed E-state index contributed by atoms with van der Waals surface area (Å²) in [6.45, 7) is 25.5. The highest BCUT2D eigenvalue weighted by Gasteiger charge is 2.43. The average Bonchev–Trinajstić information content (AvgIpc) is 0.827. The largest absolute Gasteiger partial charge is 0.469 e. The zero-order valence-electron chi connectivity index (χ0n) is 72.2. The Balaban J connectivity index is 1.54. The minimum Gasteiger partial charge on any atom is -0.469 e. The van der Waals surface area contributed by atoms with Gasteiger partial charge < -0.3 is 77.5 Å². The fourth-order valence-electron chi connectivity index (χ4n) is 14.5. The van der Waals surface area contributed by atoms with E-state index in [4.69, 9.17) is 61.6 Å². The molecule has 15 unspecified atom stereocenters. The van der Waals surface area contributed by atoms with Crippen LogP contribution in [0, 0.1) is 53.3 Å². The van der Waals surface area contributed by atoms with Crippen molar-refractivity contribution in [3.63, 3.8) is 0 Å². The fourth-order valence-corrected chi connectivity index (χ4v) is 14.5. The summed E-state index contributed by atoms with van der Waals surface area (Å²) in [5.41, 5.74) is -1.28. The first-order chi connectivity index (χ1) is 54.6. The van der Waals surface area contributed by atoms with Gasteiger partial charge in [0.2, 0.25) is 17.7 Å². The van der Waals surface area contributed by atoms with Crippen LogP contribution in [0.2, 0.25) is 0 Å². The molecule has 0 radical (unpaired) electrons. The summed E-state index contributed by atoms with van der Waals surface area (Å²) in [6, 6.07) is 0. The van der Waals surface area contributed by atoms with Gasteiger partial charge in [-0.05, 0) is 119 Å². The Kier molecular flexibility index (Phi) is 55.0. The molecule has 0 saturated carbocycles. The summed E-state index contributed by atoms with van der Waals surface area (Å²) in [4.78, 5) is 138. The van der Waals surface area contributed by atoms with Crippen molar-refractivity contribution in [3.05, 3.63) is 0 Å². The SMILES string of the molecule is COC(=O)CCCCCCCCCCC(=O)NC(COCCC(=O)CCCCCC(=O)CCCCOC1OC(COC(C)=O)C(C)C(C)C1C)(COCCC(=O)CCCCCC(=O)CCCCOC1OC(COC(C)=O)C(C)C(C)C1C)COCCC(=O)NCCCNC(=O)CCCCOC1OC(COC(C)=O)C(C)C(C)C1C. The first-order valence-electron chi connectivity index (χ1n) is 43.5. The van der Waals surface area contributed by atoms with Crippen molar-refractivity contribution >= 4 is 64.7 Å². The van der Waals surface area contributed by atoms with E-state index in [-0.39, 0.29) is 204 Å². The number of amides is 3. The van der Waals surface area contributed by atoms with Gasteiger partial charge in [-0.1, -0.05) is 114 Å². The van der Waals surface area contributed by atoms with Gasteiger partial charge >= 0.3 is 23.9 Å². The normalized spacial score (nSPS) is 24.0. The van der Waals surface area contributed by atoms with E-state index in [1.54, 1.807) is 0 Å². The Bertz CT molecular complexity index is 2510. The Morgan fingerprint density at radius 1 is 0.298 bits per heavy atom. The van der Waals surface area contributed by atoms with Gasteiger partial charge in [0.15, 0.2) is 18.9 Å². The number of methoxy groups -OCH3 is 1. The lowest BCUT2D eigenvalue weighted by Gasteiger charge is -2.43. The van der Waals surface area contributed by atoms with Crippen molar-refractivity contribution in [1.82, 2.24) is 16.0 Å². The van der Waals surface area contributed by atoms with Gasteiger partial charge in [0, 0.05) is 148 Å². The van der Waals surface area contributed by atoms with Crippen molar-refractivity contribution in [2.75, 3.05) is 99.5 Å². The molecule has 0 aliphatic carbocycles. The number of carbonyl (C=O) groups excluding carboxylic acids is 11. The molecular weight excluding hydrogens is 1470 g/mol. The third-order valence-corrected chi connectivity index (χ3v) is 23.3. The predicted molar refractivity (Wildman–Crippen MR) is 430 cm³/mol. The maximum Gasteiger partial charge on any atom is 0.305 e. The molecule has 0 aromatic rings. The second-order valence-corrected chi connectivity index (χ2v) is 32.7. The Labute approximate surface area is 682 Å². The maximum atomic E-state index is 14.0. The molecular formula is C87H151N3O24. The molecule has 3 N–H and O–H groups in total. The number of Topliss-reactive ketones (excluding diaryl/α,β-unsaturated/α-hetero) is 4. The van der Waals surface area contributed by atoms with Crippen LogP contribution in [0.15, 0.2) is 0 Å². The number of ketones is 4. The van der Waals surface area contributed by atoms with Crippen LogP contribution in [0.3, 0.4) is 0 Å². The Hall–Kier alpha value is -5.39. The summed E-state index contributed by atoms with van der Waals surface area (Å²) in [6.07, 6.45) is 17.2.